The molecule has 0 saturated heterocycles. The van der Waals surface area contributed by atoms with E-state index < -0.39 is 26.0 Å². The summed E-state index contributed by atoms with van der Waals surface area (Å²) < 4.78 is 44.3. The van der Waals surface area contributed by atoms with Crippen molar-refractivity contribution in [2.24, 2.45) is 0 Å². The molecule has 0 aromatic carbocycles. The van der Waals surface area contributed by atoms with Crippen LogP contribution in [0.15, 0.2) is 61.8 Å². The molecule has 0 rings (SSSR count). The average molecular weight is 1120 g/mol. The van der Waals surface area contributed by atoms with Gasteiger partial charge < -0.3 is 33.5 Å². The number of phosphoric acid groups is 1. The van der Waals surface area contributed by atoms with Crippen LogP contribution < -0.4 is 0 Å². The number of carbonyl (C=O) groups excluding carboxylic acids is 5. The van der Waals surface area contributed by atoms with E-state index in [1.165, 1.54) is 25.0 Å². The van der Waals surface area contributed by atoms with Gasteiger partial charge in [-0.05, 0) is 96.3 Å². The number of unbranched alkanes of at least 4 members (excludes halogenated alkanes) is 24. The van der Waals surface area contributed by atoms with E-state index in [2.05, 4.69) is 58.2 Å². The van der Waals surface area contributed by atoms with E-state index in [1.54, 1.807) is 0 Å². The van der Waals surface area contributed by atoms with Gasteiger partial charge in [0.05, 0.1) is 6.10 Å². The van der Waals surface area contributed by atoms with E-state index in [4.69, 9.17) is 28.2 Å². The minimum absolute atomic E-state index is 0.125. The summed E-state index contributed by atoms with van der Waals surface area (Å²) in [5.41, 5.74) is 0. The van der Waals surface area contributed by atoms with Crippen molar-refractivity contribution in [1.29, 1.82) is 0 Å². The van der Waals surface area contributed by atoms with E-state index >= 15 is 0 Å². The summed E-state index contributed by atoms with van der Waals surface area (Å²) in [6.45, 7) is 13.1. The molecule has 78 heavy (non-hydrogen) atoms. The third-order valence-corrected chi connectivity index (χ3v) is 14.0. The number of rotatable bonds is 56. The van der Waals surface area contributed by atoms with Gasteiger partial charge >= 0.3 is 37.7 Å². The van der Waals surface area contributed by atoms with Crippen molar-refractivity contribution in [3.8, 4) is 0 Å². The molecule has 0 bridgehead atoms. The van der Waals surface area contributed by atoms with Gasteiger partial charge in [0.15, 0.2) is 6.10 Å². The van der Waals surface area contributed by atoms with Gasteiger partial charge in [-0.25, -0.2) is 14.2 Å². The van der Waals surface area contributed by atoms with Gasteiger partial charge in [-0.15, -0.1) is 0 Å². The summed E-state index contributed by atoms with van der Waals surface area (Å²) >= 11 is 0. The molecule has 2 N–H and O–H groups in total. The molecule has 0 aromatic rings. The smallest absolute Gasteiger partial charge is 0.462 e. The maximum Gasteiger partial charge on any atom is 0.469 e. The molecule has 0 saturated carbocycles. The van der Waals surface area contributed by atoms with E-state index in [0.717, 1.165) is 173 Å². The first kappa shape index (κ1) is 74.2. The Labute approximate surface area is 473 Å². The van der Waals surface area contributed by atoms with Crippen LogP contribution in [0.3, 0.4) is 0 Å². The quantitative estimate of drug-likeness (QED) is 0.0146. The van der Waals surface area contributed by atoms with Crippen molar-refractivity contribution < 1.29 is 66.5 Å². The highest BCUT2D eigenvalue weighted by Crippen LogP contribution is 2.39. The van der Waals surface area contributed by atoms with Crippen LogP contribution in [0, 0.1) is 0 Å². The minimum Gasteiger partial charge on any atom is -0.462 e. The van der Waals surface area contributed by atoms with Crippen molar-refractivity contribution in [2.45, 2.75) is 296 Å². The lowest BCUT2D eigenvalue weighted by Crippen LogP contribution is -2.30. The molecule has 450 valence electrons. The lowest BCUT2D eigenvalue weighted by Gasteiger charge is -2.18. The second-order valence-electron chi connectivity index (χ2n) is 20.8. The monoisotopic (exact) mass is 1120 g/mol. The summed E-state index contributed by atoms with van der Waals surface area (Å²) in [4.78, 5) is 80.6. The van der Waals surface area contributed by atoms with Crippen LogP contribution in [-0.4, -0.2) is 77.3 Å². The van der Waals surface area contributed by atoms with Gasteiger partial charge in [-0.3, -0.25) is 18.9 Å². The van der Waals surface area contributed by atoms with E-state index in [-0.39, 0.29) is 68.6 Å². The van der Waals surface area contributed by atoms with Gasteiger partial charge in [0.2, 0.25) is 0 Å². The maximum atomic E-state index is 13.0. The highest BCUT2D eigenvalue weighted by molar-refractivity contribution is 7.46. The number of carbonyl (C=O) groups is 5. The van der Waals surface area contributed by atoms with Crippen molar-refractivity contribution in [1.82, 2.24) is 0 Å². The zero-order chi connectivity index (χ0) is 57.6. The molecule has 0 heterocycles. The first-order chi connectivity index (χ1) is 37.8. The van der Waals surface area contributed by atoms with Crippen LogP contribution in [0.5, 0.6) is 0 Å². The second kappa shape index (κ2) is 53.8. The molecule has 0 radical (unpaired) electrons. The predicted octanol–water partition coefficient (Wildman–Crippen LogP) is 16.6. The van der Waals surface area contributed by atoms with Crippen molar-refractivity contribution in [2.75, 3.05) is 13.2 Å². The molecule has 0 aliphatic rings. The molecular weight excluding hydrogens is 1010 g/mol. The number of hydrogen-bond donors (Lipinski definition) is 2. The van der Waals surface area contributed by atoms with Gasteiger partial charge in [-0.1, -0.05) is 192 Å². The Morgan fingerprint density at radius 1 is 0.397 bits per heavy atom. The van der Waals surface area contributed by atoms with Gasteiger partial charge in [0.25, 0.3) is 0 Å². The molecular formula is C63H109O14P. The second-order valence-corrected chi connectivity index (χ2v) is 22.0. The highest BCUT2D eigenvalue weighted by Gasteiger charge is 2.22. The molecule has 0 fully saturated rings. The topological polar surface area (TPSA) is 198 Å². The van der Waals surface area contributed by atoms with Crippen molar-refractivity contribution in [3.63, 3.8) is 0 Å². The first-order valence-corrected chi connectivity index (χ1v) is 32.1. The fourth-order valence-corrected chi connectivity index (χ4v) is 9.42. The Kier molecular flexibility index (Phi) is 51.1. The molecule has 0 spiro atoms. The Hall–Kier alpha value is -3.84. The number of allylic oxidation sites excluding steroid dienone is 3. The molecule has 3 atom stereocenters. The molecule has 0 aromatic heterocycles. The summed E-state index contributed by atoms with van der Waals surface area (Å²) in [5.74, 6) is -1.96. The summed E-state index contributed by atoms with van der Waals surface area (Å²) in [7, 11) is -4.55. The van der Waals surface area contributed by atoms with Gasteiger partial charge in [0.1, 0.15) is 25.4 Å². The largest absolute Gasteiger partial charge is 0.469 e. The van der Waals surface area contributed by atoms with Crippen LogP contribution >= 0.6 is 7.82 Å². The summed E-state index contributed by atoms with van der Waals surface area (Å²) in [6.07, 6.45) is 47.4. The lowest BCUT2D eigenvalue weighted by atomic mass is 10.1. The Morgan fingerprint density at radius 2 is 0.718 bits per heavy atom. The number of hydrogen-bond acceptors (Lipinski definition) is 12. The standard InChI is InChI=1S/C63H109O14P/c1-6-11-14-35-44-55(74-59(64)9-4)46-38-29-23-17-20-26-32-41-50-61(66)72-53-58(76-63(68)52-43-34-28-22-19-25-31-40-49-57(77-78(69,70)71)48-37-16-13-8-3)54-73-62(67)51-42-33-27-21-18-24-30-39-47-56(75-60(65)10-5)45-36-15-12-7-2/h9-10,29-31,38-40,55-58H,4-8,11-28,32-37,41-54H2,1-3H3,(H2,69,70,71)/b38-29+,39-30+,40-31+. The normalized spacial score (nSPS) is 13.3. The Morgan fingerprint density at radius 3 is 1.08 bits per heavy atom. The van der Waals surface area contributed by atoms with Crippen molar-refractivity contribution in [3.05, 3.63) is 61.8 Å². The zero-order valence-corrected chi connectivity index (χ0v) is 50.0. The molecule has 3 unspecified atom stereocenters. The number of esters is 5. The summed E-state index contributed by atoms with van der Waals surface area (Å²) in [6, 6.07) is 0. The fraction of sp³-hybridized carbons (Fsp3) is 0.762. The van der Waals surface area contributed by atoms with Gasteiger partial charge in [-0.2, -0.15) is 0 Å². The molecule has 0 amide bonds. The van der Waals surface area contributed by atoms with Crippen LogP contribution in [0.25, 0.3) is 0 Å². The van der Waals surface area contributed by atoms with E-state index in [1.807, 2.05) is 12.2 Å². The average Bonchev–Trinajstić information content (AvgIpc) is 3.41. The van der Waals surface area contributed by atoms with E-state index in [0.29, 0.717) is 44.9 Å². The lowest BCUT2D eigenvalue weighted by molar-refractivity contribution is -0.167. The van der Waals surface area contributed by atoms with E-state index in [9.17, 15) is 38.3 Å². The molecule has 0 aliphatic carbocycles. The van der Waals surface area contributed by atoms with Crippen LogP contribution in [-0.2, 0) is 56.7 Å². The Bertz CT molecular complexity index is 1590. The molecule has 15 heteroatoms. The van der Waals surface area contributed by atoms with Crippen LogP contribution in [0.2, 0.25) is 0 Å². The number of phosphoric ester groups is 1. The fourth-order valence-electron chi connectivity index (χ4n) is 8.84. The third kappa shape index (κ3) is 51.6. The Balaban J connectivity index is 4.88. The maximum absolute atomic E-state index is 13.0. The zero-order valence-electron chi connectivity index (χ0n) is 49.1. The summed E-state index contributed by atoms with van der Waals surface area (Å²) in [5, 5.41) is 0. The van der Waals surface area contributed by atoms with Crippen LogP contribution in [0.1, 0.15) is 271 Å². The highest BCUT2D eigenvalue weighted by atomic mass is 31.2. The SMILES string of the molecule is C=CC(=O)OC(C/C=C/CCCCCCCC(=O)OCC(COC(=O)CCCCCCC/C=C/CC(CCCCCC)OC(=O)C=C)OC(=O)CCCCCCC/C=C/CC(CCCCCC)OP(=O)(O)O)CCCCCC. The molecule has 14 nitrogen and oxygen atoms in total. The van der Waals surface area contributed by atoms with Gasteiger partial charge in [0, 0.05) is 44.3 Å². The molecule has 0 aliphatic heterocycles. The predicted molar refractivity (Wildman–Crippen MR) is 313 cm³/mol. The first-order valence-electron chi connectivity index (χ1n) is 30.6. The van der Waals surface area contributed by atoms with Crippen LogP contribution in [0.4, 0.5) is 0 Å². The minimum atomic E-state index is -4.55. The van der Waals surface area contributed by atoms with Crippen molar-refractivity contribution >= 4 is 37.7 Å². The third-order valence-electron chi connectivity index (χ3n) is 13.4. The number of ether oxygens (including phenoxy) is 5.